The molecule has 0 fully saturated rings. The lowest BCUT2D eigenvalue weighted by atomic mass is 9.97. The minimum atomic E-state index is -0.157. The fourth-order valence-corrected chi connectivity index (χ4v) is 2.89. The van der Waals surface area contributed by atoms with E-state index in [2.05, 4.69) is 12.2 Å². The SMILES string of the molecule is COc1ccccc1OCC(=O)NCCC(C)c1ccc2c(c1)OCCO2. The summed E-state index contributed by atoms with van der Waals surface area (Å²) in [6.45, 7) is 3.82. The van der Waals surface area contributed by atoms with Crippen LogP contribution in [0.5, 0.6) is 23.0 Å². The van der Waals surface area contributed by atoms with E-state index in [1.54, 1.807) is 19.2 Å². The van der Waals surface area contributed by atoms with Gasteiger partial charge >= 0.3 is 0 Å². The maximum absolute atomic E-state index is 12.0. The number of hydrogen-bond acceptors (Lipinski definition) is 5. The highest BCUT2D eigenvalue weighted by atomic mass is 16.6. The Morgan fingerprint density at radius 3 is 2.63 bits per heavy atom. The predicted octanol–water partition coefficient (Wildman–Crippen LogP) is 3.16. The van der Waals surface area contributed by atoms with Crippen molar-refractivity contribution >= 4 is 5.91 Å². The van der Waals surface area contributed by atoms with Crippen LogP contribution in [0.1, 0.15) is 24.8 Å². The molecular formula is C21H25NO5. The molecule has 1 N–H and O–H groups in total. The first-order valence-corrected chi connectivity index (χ1v) is 9.09. The van der Waals surface area contributed by atoms with Crippen LogP contribution in [-0.2, 0) is 4.79 Å². The van der Waals surface area contributed by atoms with Gasteiger partial charge < -0.3 is 24.3 Å². The van der Waals surface area contributed by atoms with Gasteiger partial charge in [0.05, 0.1) is 7.11 Å². The normalized spacial score (nSPS) is 13.6. The zero-order valence-electron chi connectivity index (χ0n) is 15.7. The van der Waals surface area contributed by atoms with Crippen molar-refractivity contribution in [2.24, 2.45) is 0 Å². The van der Waals surface area contributed by atoms with E-state index in [9.17, 15) is 4.79 Å². The lowest BCUT2D eigenvalue weighted by molar-refractivity contribution is -0.123. The van der Waals surface area contributed by atoms with Crippen molar-refractivity contribution in [3.63, 3.8) is 0 Å². The number of benzene rings is 2. The van der Waals surface area contributed by atoms with Crippen LogP contribution in [0.2, 0.25) is 0 Å². The maximum Gasteiger partial charge on any atom is 0.257 e. The van der Waals surface area contributed by atoms with Crippen molar-refractivity contribution in [2.45, 2.75) is 19.3 Å². The highest BCUT2D eigenvalue weighted by Crippen LogP contribution is 2.33. The summed E-state index contributed by atoms with van der Waals surface area (Å²) >= 11 is 0. The fourth-order valence-electron chi connectivity index (χ4n) is 2.89. The molecule has 1 aliphatic heterocycles. The Balaban J connectivity index is 1.43. The van der Waals surface area contributed by atoms with Gasteiger partial charge in [-0.2, -0.15) is 0 Å². The summed E-state index contributed by atoms with van der Waals surface area (Å²) in [5, 5.41) is 2.89. The summed E-state index contributed by atoms with van der Waals surface area (Å²) in [4.78, 5) is 12.0. The molecule has 0 saturated carbocycles. The molecule has 1 aliphatic rings. The zero-order chi connectivity index (χ0) is 19.1. The molecule has 0 aliphatic carbocycles. The van der Waals surface area contributed by atoms with Gasteiger partial charge in [-0.15, -0.1) is 0 Å². The van der Waals surface area contributed by atoms with Crippen molar-refractivity contribution < 1.29 is 23.7 Å². The molecular weight excluding hydrogens is 346 g/mol. The highest BCUT2D eigenvalue weighted by molar-refractivity contribution is 5.77. The third kappa shape index (κ3) is 5.06. The van der Waals surface area contributed by atoms with Crippen molar-refractivity contribution in [1.82, 2.24) is 5.32 Å². The topological polar surface area (TPSA) is 66.0 Å². The number of ether oxygens (including phenoxy) is 4. The number of fused-ring (bicyclic) bond motifs is 1. The van der Waals surface area contributed by atoms with Gasteiger partial charge in [-0.1, -0.05) is 25.1 Å². The minimum Gasteiger partial charge on any atom is -0.493 e. The molecule has 0 aromatic heterocycles. The van der Waals surface area contributed by atoms with Gasteiger partial charge in [0.25, 0.3) is 5.91 Å². The standard InChI is InChI=1S/C21H25NO5/c1-15(16-7-8-19-20(13-16)26-12-11-25-19)9-10-22-21(23)14-27-18-6-4-3-5-17(18)24-2/h3-8,13,15H,9-12,14H2,1-2H3,(H,22,23). The Kier molecular flexibility index (Phi) is 6.41. The van der Waals surface area contributed by atoms with Crippen molar-refractivity contribution in [3.05, 3.63) is 48.0 Å². The molecule has 27 heavy (non-hydrogen) atoms. The first-order chi connectivity index (χ1) is 13.2. The number of nitrogens with one attached hydrogen (secondary N) is 1. The van der Waals surface area contributed by atoms with Crippen molar-refractivity contribution in [3.8, 4) is 23.0 Å². The lowest BCUT2D eigenvalue weighted by Crippen LogP contribution is -2.30. The predicted molar refractivity (Wildman–Crippen MR) is 102 cm³/mol. The summed E-state index contributed by atoms with van der Waals surface area (Å²) in [6, 6.07) is 13.3. The van der Waals surface area contributed by atoms with Crippen molar-refractivity contribution in [1.29, 1.82) is 0 Å². The monoisotopic (exact) mass is 371 g/mol. The van der Waals surface area contributed by atoms with E-state index >= 15 is 0 Å². The molecule has 144 valence electrons. The summed E-state index contributed by atoms with van der Waals surface area (Å²) in [7, 11) is 1.57. The Bertz CT molecular complexity index is 777. The van der Waals surface area contributed by atoms with Gasteiger partial charge in [0.2, 0.25) is 0 Å². The van der Waals surface area contributed by atoms with E-state index in [4.69, 9.17) is 18.9 Å². The summed E-state index contributed by atoms with van der Waals surface area (Å²) in [6.07, 6.45) is 0.819. The molecule has 1 unspecified atom stereocenters. The number of amides is 1. The van der Waals surface area contributed by atoms with Gasteiger partial charge in [-0.25, -0.2) is 0 Å². The van der Waals surface area contributed by atoms with Crippen LogP contribution in [0.15, 0.2) is 42.5 Å². The van der Waals surface area contributed by atoms with Crippen LogP contribution in [0.25, 0.3) is 0 Å². The number of rotatable bonds is 8. The van der Waals surface area contributed by atoms with Gasteiger partial charge in [-0.3, -0.25) is 4.79 Å². The Morgan fingerprint density at radius 1 is 1.11 bits per heavy atom. The second kappa shape index (κ2) is 9.16. The molecule has 0 radical (unpaired) electrons. The number of hydrogen-bond donors (Lipinski definition) is 1. The van der Waals surface area contributed by atoms with Crippen LogP contribution in [0.4, 0.5) is 0 Å². The molecule has 6 nitrogen and oxygen atoms in total. The molecule has 1 amide bonds. The molecule has 3 rings (SSSR count). The largest absolute Gasteiger partial charge is 0.493 e. The Morgan fingerprint density at radius 2 is 1.85 bits per heavy atom. The highest BCUT2D eigenvalue weighted by Gasteiger charge is 2.15. The van der Waals surface area contributed by atoms with Crippen LogP contribution in [0, 0.1) is 0 Å². The van der Waals surface area contributed by atoms with Crippen LogP contribution < -0.4 is 24.3 Å². The smallest absolute Gasteiger partial charge is 0.257 e. The fraction of sp³-hybridized carbons (Fsp3) is 0.381. The first kappa shape index (κ1) is 18.9. The van der Waals surface area contributed by atoms with Gasteiger partial charge in [0, 0.05) is 6.54 Å². The molecule has 0 bridgehead atoms. The van der Waals surface area contributed by atoms with Crippen molar-refractivity contribution in [2.75, 3.05) is 33.5 Å². The van der Waals surface area contributed by atoms with Crippen LogP contribution >= 0.6 is 0 Å². The van der Waals surface area contributed by atoms with Gasteiger partial charge in [-0.05, 0) is 42.2 Å². The summed E-state index contributed by atoms with van der Waals surface area (Å²) in [5.74, 6) is 2.88. The molecule has 0 saturated heterocycles. The van der Waals surface area contributed by atoms with E-state index in [-0.39, 0.29) is 18.4 Å². The Hall–Kier alpha value is -2.89. The molecule has 0 spiro atoms. The second-order valence-corrected chi connectivity index (χ2v) is 6.38. The van der Waals surface area contributed by atoms with E-state index in [0.29, 0.717) is 31.3 Å². The van der Waals surface area contributed by atoms with E-state index in [0.717, 1.165) is 17.9 Å². The number of para-hydroxylation sites is 2. The van der Waals surface area contributed by atoms with Gasteiger partial charge in [0.15, 0.2) is 29.6 Å². The van der Waals surface area contributed by atoms with Gasteiger partial charge in [0.1, 0.15) is 13.2 Å². The number of methoxy groups -OCH3 is 1. The number of carbonyl (C=O) groups excluding carboxylic acids is 1. The third-order valence-electron chi connectivity index (χ3n) is 4.46. The molecule has 1 heterocycles. The maximum atomic E-state index is 12.0. The molecule has 2 aromatic carbocycles. The van der Waals surface area contributed by atoms with Crippen LogP contribution in [-0.4, -0.2) is 39.4 Å². The Labute approximate surface area is 159 Å². The molecule has 1 atom stereocenters. The minimum absolute atomic E-state index is 0.0429. The van der Waals surface area contributed by atoms with Crippen LogP contribution in [0.3, 0.4) is 0 Å². The third-order valence-corrected chi connectivity index (χ3v) is 4.46. The van der Waals surface area contributed by atoms with E-state index in [1.165, 1.54) is 5.56 Å². The second-order valence-electron chi connectivity index (χ2n) is 6.38. The van der Waals surface area contributed by atoms with E-state index < -0.39 is 0 Å². The average molecular weight is 371 g/mol. The zero-order valence-corrected chi connectivity index (χ0v) is 15.7. The molecule has 2 aromatic rings. The average Bonchev–Trinajstić information content (AvgIpc) is 2.72. The summed E-state index contributed by atoms with van der Waals surface area (Å²) in [5.41, 5.74) is 1.17. The molecule has 6 heteroatoms. The first-order valence-electron chi connectivity index (χ1n) is 9.09. The quantitative estimate of drug-likeness (QED) is 0.772. The van der Waals surface area contributed by atoms with E-state index in [1.807, 2.05) is 30.3 Å². The summed E-state index contributed by atoms with van der Waals surface area (Å²) < 4.78 is 21.9. The number of carbonyl (C=O) groups is 1. The lowest BCUT2D eigenvalue weighted by Gasteiger charge is -2.20.